The lowest BCUT2D eigenvalue weighted by molar-refractivity contribution is -0.133. The van der Waals surface area contributed by atoms with Gasteiger partial charge in [-0.3, -0.25) is 14.7 Å². The SMILES string of the molecule is CCNC(=NCC(C)COCc1ccccc1)NCCCN1CCCC1C(=O)N(C)C. The van der Waals surface area contributed by atoms with Crippen molar-refractivity contribution in [1.29, 1.82) is 0 Å². The van der Waals surface area contributed by atoms with E-state index in [1.54, 1.807) is 4.90 Å². The monoisotopic (exact) mass is 431 g/mol. The Bertz CT molecular complexity index is 665. The number of nitrogens with one attached hydrogen (secondary N) is 2. The Morgan fingerprint density at radius 2 is 2.06 bits per heavy atom. The first kappa shape index (κ1) is 25.1. The third-order valence-electron chi connectivity index (χ3n) is 5.42. The van der Waals surface area contributed by atoms with Crippen LogP contribution in [0.3, 0.4) is 0 Å². The highest BCUT2D eigenvalue weighted by atomic mass is 16.5. The van der Waals surface area contributed by atoms with Gasteiger partial charge in [-0.15, -0.1) is 0 Å². The van der Waals surface area contributed by atoms with Gasteiger partial charge in [0, 0.05) is 40.3 Å². The standard InChI is InChI=1S/C24H41N5O2/c1-5-25-24(27-17-20(2)18-31-19-21-11-7-6-8-12-21)26-14-10-16-29-15-9-13-22(29)23(30)28(3)4/h6-8,11-12,20,22H,5,9-10,13-19H2,1-4H3,(H2,25,26,27). The maximum absolute atomic E-state index is 12.3. The van der Waals surface area contributed by atoms with Crippen LogP contribution < -0.4 is 10.6 Å². The number of carbonyl (C=O) groups excluding carboxylic acids is 1. The Morgan fingerprint density at radius 3 is 2.77 bits per heavy atom. The minimum absolute atomic E-state index is 0.0497. The van der Waals surface area contributed by atoms with E-state index in [1.165, 1.54) is 5.56 Å². The smallest absolute Gasteiger partial charge is 0.239 e. The van der Waals surface area contributed by atoms with E-state index < -0.39 is 0 Å². The molecular weight excluding hydrogens is 390 g/mol. The van der Waals surface area contributed by atoms with Gasteiger partial charge in [0.2, 0.25) is 5.91 Å². The van der Waals surface area contributed by atoms with Crippen molar-refractivity contribution in [2.45, 2.75) is 45.8 Å². The summed E-state index contributed by atoms with van der Waals surface area (Å²) in [7, 11) is 3.68. The number of ether oxygens (including phenoxy) is 1. The van der Waals surface area contributed by atoms with Crippen LogP contribution in [0.1, 0.15) is 38.7 Å². The highest BCUT2D eigenvalue weighted by Crippen LogP contribution is 2.18. The summed E-state index contributed by atoms with van der Waals surface area (Å²) in [6.45, 7) is 9.89. The molecule has 2 atom stereocenters. The molecule has 0 aliphatic carbocycles. The molecule has 0 bridgehead atoms. The van der Waals surface area contributed by atoms with E-state index in [9.17, 15) is 4.79 Å². The predicted octanol–water partition coefficient (Wildman–Crippen LogP) is 2.34. The number of likely N-dealkylation sites (N-methyl/N-ethyl adjacent to an activating group) is 1. The average molecular weight is 432 g/mol. The molecule has 1 aromatic carbocycles. The molecule has 1 heterocycles. The van der Waals surface area contributed by atoms with Crippen molar-refractivity contribution in [3.05, 3.63) is 35.9 Å². The Kier molecular flexibility index (Phi) is 11.4. The van der Waals surface area contributed by atoms with Gasteiger partial charge in [-0.1, -0.05) is 37.3 Å². The van der Waals surface area contributed by atoms with E-state index in [2.05, 4.69) is 41.5 Å². The van der Waals surface area contributed by atoms with Crippen LogP contribution in [-0.2, 0) is 16.1 Å². The van der Waals surface area contributed by atoms with E-state index >= 15 is 0 Å². The minimum atomic E-state index is 0.0497. The summed E-state index contributed by atoms with van der Waals surface area (Å²) in [5.41, 5.74) is 1.20. The second-order valence-corrected chi connectivity index (χ2v) is 8.53. The molecule has 0 saturated carbocycles. The van der Waals surface area contributed by atoms with Crippen LogP contribution in [-0.4, -0.2) is 81.1 Å². The topological polar surface area (TPSA) is 69.2 Å². The zero-order chi connectivity index (χ0) is 22.5. The molecule has 1 aromatic rings. The molecule has 7 heteroatoms. The molecule has 1 aliphatic rings. The van der Waals surface area contributed by atoms with Crippen LogP contribution in [0.15, 0.2) is 35.3 Å². The summed E-state index contributed by atoms with van der Waals surface area (Å²) in [5.74, 6) is 1.42. The van der Waals surface area contributed by atoms with Crippen LogP contribution >= 0.6 is 0 Å². The zero-order valence-electron chi connectivity index (χ0n) is 19.8. The molecule has 2 unspecified atom stereocenters. The van der Waals surface area contributed by atoms with E-state index in [4.69, 9.17) is 9.73 Å². The molecule has 1 saturated heterocycles. The largest absolute Gasteiger partial charge is 0.376 e. The highest BCUT2D eigenvalue weighted by molar-refractivity contribution is 5.81. The number of aliphatic imine (C=N–C) groups is 1. The Hall–Kier alpha value is -2.12. The first-order valence-electron chi connectivity index (χ1n) is 11.6. The zero-order valence-corrected chi connectivity index (χ0v) is 19.8. The number of carbonyl (C=O) groups is 1. The first-order chi connectivity index (χ1) is 15.0. The third kappa shape index (κ3) is 9.27. The molecule has 0 spiro atoms. The number of amides is 1. The number of nitrogens with zero attached hydrogens (tertiary/aromatic N) is 3. The molecule has 1 aliphatic heterocycles. The molecule has 1 fully saturated rings. The van der Waals surface area contributed by atoms with Crippen LogP contribution in [0.4, 0.5) is 0 Å². The fraction of sp³-hybridized carbons (Fsp3) is 0.667. The van der Waals surface area contributed by atoms with Gasteiger partial charge in [0.15, 0.2) is 5.96 Å². The van der Waals surface area contributed by atoms with Crippen molar-refractivity contribution in [2.75, 3.05) is 53.4 Å². The first-order valence-corrected chi connectivity index (χ1v) is 11.6. The van der Waals surface area contributed by atoms with Gasteiger partial charge in [0.25, 0.3) is 0 Å². The normalized spacial score (nSPS) is 18.1. The third-order valence-corrected chi connectivity index (χ3v) is 5.42. The van der Waals surface area contributed by atoms with Crippen molar-refractivity contribution in [1.82, 2.24) is 20.4 Å². The van der Waals surface area contributed by atoms with Crippen molar-refractivity contribution >= 4 is 11.9 Å². The molecule has 7 nitrogen and oxygen atoms in total. The fourth-order valence-electron chi connectivity index (χ4n) is 3.75. The number of hydrogen-bond donors (Lipinski definition) is 2. The number of likely N-dealkylation sites (tertiary alicyclic amines) is 1. The number of benzene rings is 1. The number of hydrogen-bond acceptors (Lipinski definition) is 4. The molecule has 0 radical (unpaired) electrons. The van der Waals surface area contributed by atoms with Crippen molar-refractivity contribution in [2.24, 2.45) is 10.9 Å². The van der Waals surface area contributed by atoms with Gasteiger partial charge in [-0.2, -0.15) is 0 Å². The Morgan fingerprint density at radius 1 is 1.29 bits per heavy atom. The van der Waals surface area contributed by atoms with Gasteiger partial charge in [-0.25, -0.2) is 0 Å². The fourth-order valence-corrected chi connectivity index (χ4v) is 3.75. The maximum Gasteiger partial charge on any atom is 0.239 e. The quantitative estimate of drug-likeness (QED) is 0.302. The van der Waals surface area contributed by atoms with Crippen molar-refractivity contribution in [3.63, 3.8) is 0 Å². The summed E-state index contributed by atoms with van der Waals surface area (Å²) >= 11 is 0. The summed E-state index contributed by atoms with van der Waals surface area (Å²) in [4.78, 5) is 21.1. The molecule has 2 N–H and O–H groups in total. The van der Waals surface area contributed by atoms with Crippen LogP contribution in [0.5, 0.6) is 0 Å². The van der Waals surface area contributed by atoms with Gasteiger partial charge in [0.05, 0.1) is 19.3 Å². The van der Waals surface area contributed by atoms with Gasteiger partial charge < -0.3 is 20.3 Å². The van der Waals surface area contributed by atoms with Gasteiger partial charge in [0.1, 0.15) is 0 Å². The van der Waals surface area contributed by atoms with Crippen LogP contribution in [0.25, 0.3) is 0 Å². The summed E-state index contributed by atoms with van der Waals surface area (Å²) in [6.07, 6.45) is 3.06. The lowest BCUT2D eigenvalue weighted by Crippen LogP contribution is -2.44. The lowest BCUT2D eigenvalue weighted by Gasteiger charge is -2.26. The summed E-state index contributed by atoms with van der Waals surface area (Å²) in [5, 5.41) is 6.74. The number of guanidine groups is 1. The molecule has 0 aromatic heterocycles. The van der Waals surface area contributed by atoms with Gasteiger partial charge >= 0.3 is 0 Å². The van der Waals surface area contributed by atoms with Crippen LogP contribution in [0.2, 0.25) is 0 Å². The Balaban J connectivity index is 1.67. The highest BCUT2D eigenvalue weighted by Gasteiger charge is 2.30. The average Bonchev–Trinajstić information content (AvgIpc) is 3.23. The predicted molar refractivity (Wildman–Crippen MR) is 127 cm³/mol. The summed E-state index contributed by atoms with van der Waals surface area (Å²) < 4.78 is 5.83. The van der Waals surface area contributed by atoms with Gasteiger partial charge in [-0.05, 0) is 44.2 Å². The van der Waals surface area contributed by atoms with Crippen molar-refractivity contribution in [3.8, 4) is 0 Å². The second-order valence-electron chi connectivity index (χ2n) is 8.53. The Labute approximate surface area is 188 Å². The summed E-state index contributed by atoms with van der Waals surface area (Å²) in [6, 6.07) is 10.3. The maximum atomic E-state index is 12.3. The van der Waals surface area contributed by atoms with E-state index in [0.29, 0.717) is 19.1 Å². The molecule has 1 amide bonds. The van der Waals surface area contributed by atoms with E-state index in [0.717, 1.165) is 57.9 Å². The molecule has 31 heavy (non-hydrogen) atoms. The van der Waals surface area contributed by atoms with E-state index in [1.807, 2.05) is 32.3 Å². The van der Waals surface area contributed by atoms with Crippen molar-refractivity contribution < 1.29 is 9.53 Å². The minimum Gasteiger partial charge on any atom is -0.376 e. The second kappa shape index (κ2) is 14.0. The molecule has 174 valence electrons. The molecule has 2 rings (SSSR count). The number of rotatable bonds is 12. The van der Waals surface area contributed by atoms with Crippen LogP contribution in [0, 0.1) is 5.92 Å². The van der Waals surface area contributed by atoms with E-state index in [-0.39, 0.29) is 11.9 Å². The molecular formula is C24H41N5O2. The lowest BCUT2D eigenvalue weighted by atomic mass is 10.2.